The Kier molecular flexibility index (Phi) is 6.01. The molecule has 1 atom stereocenters. The Morgan fingerprint density at radius 3 is 2.53 bits per heavy atom. The van der Waals surface area contributed by atoms with Gasteiger partial charge in [-0.2, -0.15) is 0 Å². The third-order valence-electron chi connectivity index (χ3n) is 2.93. The minimum Gasteiger partial charge on any atom is -0.310 e. The minimum absolute atomic E-state index is 0.450. The van der Waals surface area contributed by atoms with Crippen LogP contribution in [0.5, 0.6) is 0 Å². The zero-order valence-electron chi connectivity index (χ0n) is 11.4. The van der Waals surface area contributed by atoms with Crippen molar-refractivity contribution in [1.29, 1.82) is 0 Å². The lowest BCUT2D eigenvalue weighted by atomic mass is 9.96. The second kappa shape index (κ2) is 7.03. The molecule has 0 amide bonds. The molecule has 0 spiro atoms. The van der Waals surface area contributed by atoms with Crippen LogP contribution in [0.1, 0.15) is 50.8 Å². The highest BCUT2D eigenvalue weighted by Gasteiger charge is 2.13. The maximum absolute atomic E-state index is 6.08. The van der Waals surface area contributed by atoms with E-state index in [-0.39, 0.29) is 0 Å². The Morgan fingerprint density at radius 2 is 2.00 bits per heavy atom. The third kappa shape index (κ3) is 4.69. The summed E-state index contributed by atoms with van der Waals surface area (Å²) in [7, 11) is 0. The largest absolute Gasteiger partial charge is 0.310 e. The van der Waals surface area contributed by atoms with Gasteiger partial charge in [0, 0.05) is 11.1 Å². The van der Waals surface area contributed by atoms with Gasteiger partial charge in [0.25, 0.3) is 0 Å². The fraction of sp³-hybridized carbons (Fsp3) is 0.600. The molecule has 1 rings (SSSR count). The molecule has 0 aliphatic carbocycles. The number of hydrogen-bond acceptors (Lipinski definition) is 1. The summed E-state index contributed by atoms with van der Waals surface area (Å²) in [5.74, 6) is 0.695. The molecule has 0 fully saturated rings. The van der Waals surface area contributed by atoms with Crippen LogP contribution in [0.3, 0.4) is 0 Å². The Bertz CT molecular complexity index is 347. The lowest BCUT2D eigenvalue weighted by Crippen LogP contribution is -2.23. The van der Waals surface area contributed by atoms with Crippen molar-refractivity contribution in [3.63, 3.8) is 0 Å². The van der Waals surface area contributed by atoms with Crippen molar-refractivity contribution in [3.8, 4) is 0 Å². The van der Waals surface area contributed by atoms with Crippen molar-refractivity contribution >= 4 is 11.6 Å². The van der Waals surface area contributed by atoms with E-state index < -0.39 is 0 Å². The van der Waals surface area contributed by atoms with Crippen molar-refractivity contribution in [3.05, 3.63) is 34.3 Å². The zero-order valence-corrected chi connectivity index (χ0v) is 12.1. The second-order valence-electron chi connectivity index (χ2n) is 5.14. The van der Waals surface area contributed by atoms with E-state index in [1.165, 1.54) is 18.4 Å². The highest BCUT2D eigenvalue weighted by atomic mass is 35.5. The number of hydrogen-bond donors (Lipinski definition) is 1. The van der Waals surface area contributed by atoms with Crippen molar-refractivity contribution in [1.82, 2.24) is 5.32 Å². The first-order valence-corrected chi connectivity index (χ1v) is 6.91. The van der Waals surface area contributed by atoms with E-state index in [9.17, 15) is 0 Å². The van der Waals surface area contributed by atoms with Gasteiger partial charge in [-0.3, -0.25) is 0 Å². The van der Waals surface area contributed by atoms with Crippen LogP contribution in [0.2, 0.25) is 5.02 Å². The molecule has 1 unspecified atom stereocenters. The van der Waals surface area contributed by atoms with Crippen molar-refractivity contribution in [2.45, 2.75) is 46.6 Å². The lowest BCUT2D eigenvalue weighted by Gasteiger charge is -2.21. The van der Waals surface area contributed by atoms with Gasteiger partial charge in [0.15, 0.2) is 0 Å². The number of halogens is 1. The molecule has 0 aromatic heterocycles. The number of nitrogens with one attached hydrogen (secondary N) is 1. The summed E-state index contributed by atoms with van der Waals surface area (Å²) in [4.78, 5) is 0. The standard InChI is InChI=1S/C15H24ClN/c1-5-8-17-15(9-11(2)3)13-6-7-14(16)12(4)10-13/h6-7,10-11,15,17H,5,8-9H2,1-4H3. The molecule has 0 aliphatic heterocycles. The van der Waals surface area contributed by atoms with Crippen LogP contribution in [0.15, 0.2) is 18.2 Å². The van der Waals surface area contributed by atoms with Crippen LogP contribution in [0, 0.1) is 12.8 Å². The molecule has 0 saturated carbocycles. The fourth-order valence-corrected chi connectivity index (χ4v) is 2.13. The van der Waals surface area contributed by atoms with E-state index >= 15 is 0 Å². The zero-order chi connectivity index (χ0) is 12.8. The van der Waals surface area contributed by atoms with Gasteiger partial charge in [0.1, 0.15) is 0 Å². The normalized spacial score (nSPS) is 13.1. The molecule has 0 saturated heterocycles. The average Bonchev–Trinajstić information content (AvgIpc) is 2.27. The van der Waals surface area contributed by atoms with Crippen LogP contribution >= 0.6 is 11.6 Å². The molecular weight excluding hydrogens is 230 g/mol. The minimum atomic E-state index is 0.450. The fourth-order valence-electron chi connectivity index (χ4n) is 2.01. The van der Waals surface area contributed by atoms with Crippen LogP contribution in [0.4, 0.5) is 0 Å². The van der Waals surface area contributed by atoms with Gasteiger partial charge in [-0.15, -0.1) is 0 Å². The molecule has 0 heterocycles. The number of benzene rings is 1. The molecule has 17 heavy (non-hydrogen) atoms. The molecule has 2 heteroatoms. The van der Waals surface area contributed by atoms with Crippen LogP contribution in [-0.2, 0) is 0 Å². The predicted molar refractivity (Wildman–Crippen MR) is 76.7 cm³/mol. The van der Waals surface area contributed by atoms with Gasteiger partial charge in [0.05, 0.1) is 0 Å². The van der Waals surface area contributed by atoms with Crippen LogP contribution in [-0.4, -0.2) is 6.54 Å². The van der Waals surface area contributed by atoms with Gasteiger partial charge < -0.3 is 5.32 Å². The van der Waals surface area contributed by atoms with E-state index in [0.29, 0.717) is 12.0 Å². The SMILES string of the molecule is CCCNC(CC(C)C)c1ccc(Cl)c(C)c1. The van der Waals surface area contributed by atoms with Gasteiger partial charge in [-0.25, -0.2) is 0 Å². The van der Waals surface area contributed by atoms with E-state index in [2.05, 4.69) is 45.1 Å². The summed E-state index contributed by atoms with van der Waals surface area (Å²) in [5, 5.41) is 4.47. The molecule has 1 nitrogen and oxygen atoms in total. The van der Waals surface area contributed by atoms with E-state index in [4.69, 9.17) is 11.6 Å². The molecule has 1 aromatic carbocycles. The number of rotatable bonds is 6. The summed E-state index contributed by atoms with van der Waals surface area (Å²) in [6.45, 7) is 9.87. The van der Waals surface area contributed by atoms with E-state index in [0.717, 1.165) is 17.1 Å². The maximum atomic E-state index is 6.08. The van der Waals surface area contributed by atoms with E-state index in [1.807, 2.05) is 6.07 Å². The first-order valence-electron chi connectivity index (χ1n) is 6.54. The lowest BCUT2D eigenvalue weighted by molar-refractivity contribution is 0.430. The monoisotopic (exact) mass is 253 g/mol. The first kappa shape index (κ1) is 14.5. The Balaban J connectivity index is 2.83. The topological polar surface area (TPSA) is 12.0 Å². The summed E-state index contributed by atoms with van der Waals surface area (Å²) >= 11 is 6.08. The van der Waals surface area contributed by atoms with Crippen LogP contribution in [0.25, 0.3) is 0 Å². The summed E-state index contributed by atoms with van der Waals surface area (Å²) in [6.07, 6.45) is 2.34. The molecule has 96 valence electrons. The Labute approximate surface area is 111 Å². The highest BCUT2D eigenvalue weighted by Crippen LogP contribution is 2.25. The van der Waals surface area contributed by atoms with Crippen LogP contribution < -0.4 is 5.32 Å². The van der Waals surface area contributed by atoms with Crippen molar-refractivity contribution in [2.24, 2.45) is 5.92 Å². The number of aryl methyl sites for hydroxylation is 1. The molecular formula is C15H24ClN. The first-order chi connectivity index (χ1) is 8.04. The van der Waals surface area contributed by atoms with E-state index in [1.54, 1.807) is 0 Å². The second-order valence-corrected chi connectivity index (χ2v) is 5.55. The summed E-state index contributed by atoms with van der Waals surface area (Å²) < 4.78 is 0. The highest BCUT2D eigenvalue weighted by molar-refractivity contribution is 6.31. The Morgan fingerprint density at radius 1 is 1.29 bits per heavy atom. The van der Waals surface area contributed by atoms with Gasteiger partial charge >= 0.3 is 0 Å². The molecule has 0 bridgehead atoms. The van der Waals surface area contributed by atoms with Gasteiger partial charge in [-0.1, -0.05) is 44.5 Å². The maximum Gasteiger partial charge on any atom is 0.0435 e. The van der Waals surface area contributed by atoms with Crippen molar-refractivity contribution < 1.29 is 0 Å². The quantitative estimate of drug-likeness (QED) is 0.773. The summed E-state index contributed by atoms with van der Waals surface area (Å²) in [5.41, 5.74) is 2.52. The molecule has 0 aliphatic rings. The Hall–Kier alpha value is -0.530. The van der Waals surface area contributed by atoms with Gasteiger partial charge in [-0.05, 0) is 49.4 Å². The summed E-state index contributed by atoms with van der Waals surface area (Å²) in [6, 6.07) is 6.81. The smallest absolute Gasteiger partial charge is 0.0435 e. The van der Waals surface area contributed by atoms with Gasteiger partial charge in [0.2, 0.25) is 0 Å². The van der Waals surface area contributed by atoms with Crippen molar-refractivity contribution in [2.75, 3.05) is 6.54 Å². The third-order valence-corrected chi connectivity index (χ3v) is 3.36. The molecule has 0 radical (unpaired) electrons. The predicted octanol–water partition coefficient (Wildman–Crippen LogP) is 4.74. The average molecular weight is 254 g/mol. The molecule has 1 N–H and O–H groups in total. The molecule has 1 aromatic rings.